The Morgan fingerprint density at radius 2 is 1.86 bits per heavy atom. The fourth-order valence-corrected chi connectivity index (χ4v) is 2.63. The summed E-state index contributed by atoms with van der Waals surface area (Å²) in [6.07, 6.45) is 3.52. The first-order valence-corrected chi connectivity index (χ1v) is 7.60. The average molecular weight is 311 g/mol. The molecule has 1 aliphatic rings. The Bertz CT molecular complexity index is 452. The van der Waals surface area contributed by atoms with Crippen molar-refractivity contribution in [3.05, 3.63) is 34.9 Å². The van der Waals surface area contributed by atoms with Gasteiger partial charge in [0.05, 0.1) is 6.54 Å². The molecule has 0 bridgehead atoms. The molecule has 0 saturated heterocycles. The van der Waals surface area contributed by atoms with Gasteiger partial charge in [0.2, 0.25) is 5.91 Å². The normalized spacial score (nSPS) is 15.2. The van der Waals surface area contributed by atoms with E-state index >= 15 is 0 Å². The fraction of sp³-hybridized carbons (Fsp3) is 0.588. The largest absolute Gasteiger partial charge is 0.352 e. The molecule has 2 rings (SSSR count). The molecule has 118 valence electrons. The second-order valence-corrected chi connectivity index (χ2v) is 6.24. The van der Waals surface area contributed by atoms with Crippen LogP contribution >= 0.6 is 12.4 Å². The van der Waals surface area contributed by atoms with Gasteiger partial charge in [-0.25, -0.2) is 0 Å². The number of hydrogen-bond donors (Lipinski definition) is 2. The zero-order chi connectivity index (χ0) is 14.5. The van der Waals surface area contributed by atoms with Crippen LogP contribution in [0.25, 0.3) is 0 Å². The van der Waals surface area contributed by atoms with E-state index in [1.807, 2.05) is 0 Å². The minimum Gasteiger partial charge on any atom is -0.352 e. The summed E-state index contributed by atoms with van der Waals surface area (Å²) in [6, 6.07) is 6.74. The van der Waals surface area contributed by atoms with E-state index in [-0.39, 0.29) is 24.4 Å². The molecule has 0 aromatic heterocycles. The highest BCUT2D eigenvalue weighted by Gasteiger charge is 2.20. The van der Waals surface area contributed by atoms with E-state index in [0.29, 0.717) is 6.54 Å². The predicted molar refractivity (Wildman–Crippen MR) is 90.1 cm³/mol. The van der Waals surface area contributed by atoms with Crippen molar-refractivity contribution in [1.82, 2.24) is 10.6 Å². The molecule has 0 heterocycles. The van der Waals surface area contributed by atoms with Crippen molar-refractivity contribution in [2.75, 3.05) is 13.1 Å². The van der Waals surface area contributed by atoms with Crippen LogP contribution < -0.4 is 10.6 Å². The van der Waals surface area contributed by atoms with Gasteiger partial charge < -0.3 is 10.6 Å². The van der Waals surface area contributed by atoms with Gasteiger partial charge in [-0.05, 0) is 58.1 Å². The Morgan fingerprint density at radius 1 is 1.24 bits per heavy atom. The van der Waals surface area contributed by atoms with Crippen molar-refractivity contribution in [3.63, 3.8) is 0 Å². The number of amides is 1. The molecule has 1 unspecified atom stereocenters. The highest BCUT2D eigenvalue weighted by molar-refractivity contribution is 5.85. The van der Waals surface area contributed by atoms with Gasteiger partial charge in [-0.1, -0.05) is 29.3 Å². The van der Waals surface area contributed by atoms with Crippen LogP contribution in [0.5, 0.6) is 0 Å². The predicted octanol–water partition coefficient (Wildman–Crippen LogP) is 2.77. The average Bonchev–Trinajstić information content (AvgIpc) is 3.10. The summed E-state index contributed by atoms with van der Waals surface area (Å²) in [7, 11) is 0. The van der Waals surface area contributed by atoms with Crippen molar-refractivity contribution >= 4 is 18.3 Å². The molecule has 1 aromatic rings. The lowest BCUT2D eigenvalue weighted by Gasteiger charge is -2.15. The molecule has 0 spiro atoms. The van der Waals surface area contributed by atoms with Crippen LogP contribution in [0.1, 0.15) is 36.5 Å². The minimum absolute atomic E-state index is 0. The molecule has 0 radical (unpaired) electrons. The molecule has 1 amide bonds. The minimum atomic E-state index is 0. The second kappa shape index (κ2) is 8.40. The lowest BCUT2D eigenvalue weighted by Crippen LogP contribution is -2.40. The van der Waals surface area contributed by atoms with Crippen LogP contribution in [-0.4, -0.2) is 25.0 Å². The Labute approximate surface area is 134 Å². The lowest BCUT2D eigenvalue weighted by molar-refractivity contribution is -0.120. The SMILES string of the molecule is Cc1cc(C)cc(CC(C)NC(=O)CNCC2CC2)c1.Cl. The van der Waals surface area contributed by atoms with Crippen molar-refractivity contribution in [3.8, 4) is 0 Å². The van der Waals surface area contributed by atoms with E-state index in [2.05, 4.69) is 49.6 Å². The van der Waals surface area contributed by atoms with Crippen LogP contribution in [0.2, 0.25) is 0 Å². The highest BCUT2D eigenvalue weighted by Crippen LogP contribution is 2.27. The summed E-state index contributed by atoms with van der Waals surface area (Å²) in [4.78, 5) is 11.8. The third-order valence-corrected chi connectivity index (χ3v) is 3.65. The van der Waals surface area contributed by atoms with Gasteiger partial charge in [0.1, 0.15) is 0 Å². The third-order valence-electron chi connectivity index (χ3n) is 3.65. The van der Waals surface area contributed by atoms with Crippen molar-refractivity contribution in [2.24, 2.45) is 5.92 Å². The van der Waals surface area contributed by atoms with Crippen LogP contribution in [0.3, 0.4) is 0 Å². The number of carbonyl (C=O) groups is 1. The van der Waals surface area contributed by atoms with E-state index in [1.165, 1.54) is 29.5 Å². The number of benzene rings is 1. The van der Waals surface area contributed by atoms with Crippen molar-refractivity contribution in [1.29, 1.82) is 0 Å². The fourth-order valence-electron chi connectivity index (χ4n) is 2.63. The Balaban J connectivity index is 0.00000220. The zero-order valence-electron chi connectivity index (χ0n) is 13.2. The molecule has 4 heteroatoms. The number of rotatable bonds is 7. The van der Waals surface area contributed by atoms with E-state index in [0.717, 1.165) is 18.9 Å². The van der Waals surface area contributed by atoms with E-state index in [4.69, 9.17) is 0 Å². The maximum absolute atomic E-state index is 11.8. The first-order valence-electron chi connectivity index (χ1n) is 7.60. The lowest BCUT2D eigenvalue weighted by atomic mass is 10.0. The van der Waals surface area contributed by atoms with Gasteiger partial charge >= 0.3 is 0 Å². The molecule has 1 fully saturated rings. The van der Waals surface area contributed by atoms with Gasteiger partial charge in [0, 0.05) is 6.04 Å². The topological polar surface area (TPSA) is 41.1 Å². The smallest absolute Gasteiger partial charge is 0.234 e. The van der Waals surface area contributed by atoms with E-state index in [1.54, 1.807) is 0 Å². The third kappa shape index (κ3) is 6.96. The molecule has 1 aliphatic carbocycles. The monoisotopic (exact) mass is 310 g/mol. The van der Waals surface area contributed by atoms with E-state index in [9.17, 15) is 4.79 Å². The number of nitrogens with one attached hydrogen (secondary N) is 2. The number of halogens is 1. The standard InChI is InChI=1S/C17H26N2O.ClH/c1-12-6-13(2)8-16(7-12)9-14(3)19-17(20)11-18-10-15-4-5-15;/h6-8,14-15,18H,4-5,9-11H2,1-3H3,(H,19,20);1H. The van der Waals surface area contributed by atoms with Crippen molar-refractivity contribution < 1.29 is 4.79 Å². The van der Waals surface area contributed by atoms with Gasteiger partial charge in [0.15, 0.2) is 0 Å². The first kappa shape index (κ1) is 18.0. The van der Waals surface area contributed by atoms with Crippen LogP contribution in [0, 0.1) is 19.8 Å². The quantitative estimate of drug-likeness (QED) is 0.813. The Hall–Kier alpha value is -1.06. The second-order valence-electron chi connectivity index (χ2n) is 6.24. The summed E-state index contributed by atoms with van der Waals surface area (Å²) in [5, 5.41) is 6.28. The maximum Gasteiger partial charge on any atom is 0.234 e. The number of aryl methyl sites for hydroxylation is 2. The zero-order valence-corrected chi connectivity index (χ0v) is 14.1. The van der Waals surface area contributed by atoms with Crippen molar-refractivity contribution in [2.45, 2.75) is 46.1 Å². The maximum atomic E-state index is 11.8. The Kier molecular flexibility index (Phi) is 7.20. The molecular weight excluding hydrogens is 284 g/mol. The first-order chi connectivity index (χ1) is 9.52. The molecule has 0 aliphatic heterocycles. The number of hydrogen-bond acceptors (Lipinski definition) is 2. The van der Waals surface area contributed by atoms with Gasteiger partial charge in [-0.3, -0.25) is 4.79 Å². The Morgan fingerprint density at radius 3 is 2.43 bits per heavy atom. The van der Waals surface area contributed by atoms with Gasteiger partial charge in [0.25, 0.3) is 0 Å². The summed E-state index contributed by atoms with van der Waals surface area (Å²) < 4.78 is 0. The van der Waals surface area contributed by atoms with Gasteiger partial charge in [-0.15, -0.1) is 12.4 Å². The molecule has 1 atom stereocenters. The van der Waals surface area contributed by atoms with Crippen LogP contribution in [0.15, 0.2) is 18.2 Å². The number of carbonyl (C=O) groups excluding carboxylic acids is 1. The van der Waals surface area contributed by atoms with Gasteiger partial charge in [-0.2, -0.15) is 0 Å². The summed E-state index contributed by atoms with van der Waals surface area (Å²) in [6.45, 7) is 7.71. The van der Waals surface area contributed by atoms with Crippen LogP contribution in [-0.2, 0) is 11.2 Å². The molecule has 21 heavy (non-hydrogen) atoms. The summed E-state index contributed by atoms with van der Waals surface area (Å²) in [5.41, 5.74) is 3.86. The van der Waals surface area contributed by atoms with Crippen LogP contribution in [0.4, 0.5) is 0 Å². The molecule has 1 saturated carbocycles. The van der Waals surface area contributed by atoms with E-state index < -0.39 is 0 Å². The summed E-state index contributed by atoms with van der Waals surface area (Å²) in [5.74, 6) is 0.915. The molecular formula is C17H27ClN2O. The molecule has 3 nitrogen and oxygen atoms in total. The molecule has 2 N–H and O–H groups in total. The highest BCUT2D eigenvalue weighted by atomic mass is 35.5. The molecule has 1 aromatic carbocycles. The summed E-state index contributed by atoms with van der Waals surface area (Å²) >= 11 is 0.